The van der Waals surface area contributed by atoms with Crippen LogP contribution >= 0.6 is 11.6 Å². The molecule has 1 saturated heterocycles. The number of benzene rings is 2. The minimum absolute atomic E-state index is 0.0112. The summed E-state index contributed by atoms with van der Waals surface area (Å²) in [7, 11) is 0. The Balaban J connectivity index is 1.75. The molecular formula is C19H19ClFN3O2. The second-order valence-electron chi connectivity index (χ2n) is 5.90. The minimum Gasteiger partial charge on any atom is -0.376 e. The van der Waals surface area contributed by atoms with Crippen LogP contribution in [0.3, 0.4) is 0 Å². The Labute approximate surface area is 156 Å². The molecule has 26 heavy (non-hydrogen) atoms. The highest BCUT2D eigenvalue weighted by Crippen LogP contribution is 2.19. The van der Waals surface area contributed by atoms with Gasteiger partial charge in [0.25, 0.3) is 5.91 Å². The number of rotatable bonds is 4. The molecule has 136 valence electrons. The highest BCUT2D eigenvalue weighted by molar-refractivity contribution is 6.31. The zero-order valence-corrected chi connectivity index (χ0v) is 14.8. The number of ether oxygens (including phenoxy) is 1. The topological polar surface area (TPSA) is 62.7 Å². The molecule has 0 radical (unpaired) electrons. The van der Waals surface area contributed by atoms with Crippen molar-refractivity contribution < 1.29 is 13.9 Å². The minimum atomic E-state index is -0.511. The summed E-state index contributed by atoms with van der Waals surface area (Å²) < 4.78 is 18.9. The fourth-order valence-electron chi connectivity index (χ4n) is 2.57. The highest BCUT2D eigenvalue weighted by Gasteiger charge is 2.16. The number of aliphatic imine (C=N–C) groups is 1. The normalized spacial score (nSPS) is 17.2. The molecule has 5 nitrogen and oxygen atoms in total. The first-order chi connectivity index (χ1) is 12.6. The van der Waals surface area contributed by atoms with Gasteiger partial charge in [-0.25, -0.2) is 9.38 Å². The van der Waals surface area contributed by atoms with E-state index in [4.69, 9.17) is 16.3 Å². The van der Waals surface area contributed by atoms with E-state index in [1.807, 2.05) is 6.07 Å². The molecule has 0 saturated carbocycles. The third-order valence-corrected chi connectivity index (χ3v) is 4.22. The quantitative estimate of drug-likeness (QED) is 0.630. The number of halogens is 2. The maximum Gasteiger partial charge on any atom is 0.257 e. The molecule has 0 bridgehead atoms. The molecule has 1 aliphatic rings. The third-order valence-electron chi connectivity index (χ3n) is 3.93. The maximum atomic E-state index is 13.3. The average Bonchev–Trinajstić information content (AvgIpc) is 3.17. The van der Waals surface area contributed by atoms with Crippen molar-refractivity contribution in [1.82, 2.24) is 5.32 Å². The number of nitrogens with one attached hydrogen (secondary N) is 2. The van der Waals surface area contributed by atoms with E-state index in [1.54, 1.807) is 24.3 Å². The first-order valence-electron chi connectivity index (χ1n) is 8.36. The van der Waals surface area contributed by atoms with Gasteiger partial charge in [-0.1, -0.05) is 29.8 Å². The summed E-state index contributed by atoms with van der Waals surface area (Å²) in [5.74, 6) is -0.544. The monoisotopic (exact) mass is 375 g/mol. The van der Waals surface area contributed by atoms with Gasteiger partial charge in [0, 0.05) is 17.9 Å². The van der Waals surface area contributed by atoms with E-state index in [-0.39, 0.29) is 23.0 Å². The van der Waals surface area contributed by atoms with Gasteiger partial charge in [0.05, 0.1) is 17.7 Å². The van der Waals surface area contributed by atoms with E-state index in [2.05, 4.69) is 15.6 Å². The van der Waals surface area contributed by atoms with Gasteiger partial charge in [-0.2, -0.15) is 0 Å². The summed E-state index contributed by atoms with van der Waals surface area (Å²) in [6, 6.07) is 13.0. The van der Waals surface area contributed by atoms with E-state index in [9.17, 15) is 9.18 Å². The summed E-state index contributed by atoms with van der Waals surface area (Å²) in [5.41, 5.74) is 1.03. The van der Waals surface area contributed by atoms with Crippen molar-refractivity contribution in [2.75, 3.05) is 18.5 Å². The number of hydrogen-bond donors (Lipinski definition) is 2. The van der Waals surface area contributed by atoms with Crippen LogP contribution in [-0.2, 0) is 4.74 Å². The zero-order valence-electron chi connectivity index (χ0n) is 14.0. The lowest BCUT2D eigenvalue weighted by molar-refractivity contribution is 0.0975. The van der Waals surface area contributed by atoms with Gasteiger partial charge in [0.1, 0.15) is 5.82 Å². The van der Waals surface area contributed by atoms with Crippen molar-refractivity contribution >= 4 is 29.2 Å². The lowest BCUT2D eigenvalue weighted by atomic mass is 10.2. The summed E-state index contributed by atoms with van der Waals surface area (Å²) in [4.78, 5) is 16.8. The summed E-state index contributed by atoms with van der Waals surface area (Å²) in [6.07, 6.45) is 1.98. The van der Waals surface area contributed by atoms with Crippen molar-refractivity contribution in [3.8, 4) is 0 Å². The first kappa shape index (κ1) is 18.4. The van der Waals surface area contributed by atoms with Gasteiger partial charge < -0.3 is 10.1 Å². The van der Waals surface area contributed by atoms with Gasteiger partial charge in [-0.3, -0.25) is 10.1 Å². The smallest absolute Gasteiger partial charge is 0.257 e. The van der Waals surface area contributed by atoms with E-state index >= 15 is 0 Å². The van der Waals surface area contributed by atoms with Gasteiger partial charge in [0.15, 0.2) is 0 Å². The highest BCUT2D eigenvalue weighted by atomic mass is 35.5. The van der Waals surface area contributed by atoms with Crippen LogP contribution in [0.2, 0.25) is 5.02 Å². The van der Waals surface area contributed by atoms with Crippen LogP contribution in [0.4, 0.5) is 10.1 Å². The van der Waals surface area contributed by atoms with Crippen molar-refractivity contribution in [1.29, 1.82) is 0 Å². The average molecular weight is 376 g/mol. The molecule has 0 spiro atoms. The predicted molar refractivity (Wildman–Crippen MR) is 100 cm³/mol. The third kappa shape index (κ3) is 5.03. The number of carbonyl (C=O) groups excluding carboxylic acids is 1. The molecule has 3 rings (SSSR count). The Bertz CT molecular complexity index is 793. The standard InChI is InChI=1S/C19H19ClFN3O2/c20-16-11-14(8-9-17(16)21)23-19(22-12-15-7-4-10-26-15)24-18(25)13-5-2-1-3-6-13/h1-3,5-6,8-9,11,15H,4,7,10,12H2,(H2,22,23,24,25). The number of anilines is 1. The van der Waals surface area contributed by atoms with Crippen molar-refractivity contribution in [3.05, 3.63) is 64.9 Å². The summed E-state index contributed by atoms with van der Waals surface area (Å²) >= 11 is 5.82. The van der Waals surface area contributed by atoms with E-state index in [0.29, 0.717) is 17.8 Å². The lowest BCUT2D eigenvalue weighted by Crippen LogP contribution is -2.36. The van der Waals surface area contributed by atoms with Crippen LogP contribution in [0.25, 0.3) is 0 Å². The van der Waals surface area contributed by atoms with Crippen LogP contribution in [-0.4, -0.2) is 31.1 Å². The van der Waals surface area contributed by atoms with E-state index in [0.717, 1.165) is 19.4 Å². The van der Waals surface area contributed by atoms with Crippen LogP contribution in [0.1, 0.15) is 23.2 Å². The largest absolute Gasteiger partial charge is 0.376 e. The van der Waals surface area contributed by atoms with Crippen molar-refractivity contribution in [2.45, 2.75) is 18.9 Å². The molecule has 0 aliphatic carbocycles. The molecule has 0 aromatic heterocycles. The second-order valence-corrected chi connectivity index (χ2v) is 6.31. The number of guanidine groups is 1. The molecule has 1 amide bonds. The Morgan fingerprint density at radius 1 is 1.27 bits per heavy atom. The SMILES string of the molecule is O=C(NC(=NCC1CCCO1)Nc1ccc(F)c(Cl)c1)c1ccccc1. The molecule has 1 fully saturated rings. The fraction of sp³-hybridized carbons (Fsp3) is 0.263. The van der Waals surface area contributed by atoms with Crippen LogP contribution < -0.4 is 10.6 Å². The molecule has 2 aromatic rings. The molecule has 1 aliphatic heterocycles. The maximum absolute atomic E-state index is 13.3. The second kappa shape index (κ2) is 8.78. The molecule has 7 heteroatoms. The van der Waals surface area contributed by atoms with E-state index < -0.39 is 5.82 Å². The number of hydrogen-bond acceptors (Lipinski definition) is 3. The van der Waals surface area contributed by atoms with Gasteiger partial charge >= 0.3 is 0 Å². The number of amides is 1. The van der Waals surface area contributed by atoms with Crippen molar-refractivity contribution in [3.63, 3.8) is 0 Å². The summed E-state index contributed by atoms with van der Waals surface area (Å²) in [5, 5.41) is 5.72. The molecule has 1 unspecified atom stereocenters. The molecule has 2 aromatic carbocycles. The Hall–Kier alpha value is -2.44. The van der Waals surface area contributed by atoms with Crippen LogP contribution in [0.15, 0.2) is 53.5 Å². The van der Waals surface area contributed by atoms with E-state index in [1.165, 1.54) is 18.2 Å². The van der Waals surface area contributed by atoms with Crippen LogP contribution in [0, 0.1) is 5.82 Å². The molecule has 2 N–H and O–H groups in total. The van der Waals surface area contributed by atoms with Crippen LogP contribution in [0.5, 0.6) is 0 Å². The van der Waals surface area contributed by atoms with Gasteiger partial charge in [-0.05, 0) is 43.2 Å². The van der Waals surface area contributed by atoms with Gasteiger partial charge in [0.2, 0.25) is 5.96 Å². The Kier molecular flexibility index (Phi) is 6.20. The van der Waals surface area contributed by atoms with Crippen molar-refractivity contribution in [2.24, 2.45) is 4.99 Å². The zero-order chi connectivity index (χ0) is 18.4. The molecule has 1 heterocycles. The predicted octanol–water partition coefficient (Wildman–Crippen LogP) is 3.86. The fourth-order valence-corrected chi connectivity index (χ4v) is 2.75. The molecular weight excluding hydrogens is 357 g/mol. The van der Waals surface area contributed by atoms with Gasteiger partial charge in [-0.15, -0.1) is 0 Å². The first-order valence-corrected chi connectivity index (χ1v) is 8.74. The number of carbonyl (C=O) groups is 1. The Morgan fingerprint density at radius 2 is 2.08 bits per heavy atom. The Morgan fingerprint density at radius 3 is 2.77 bits per heavy atom. The summed E-state index contributed by atoms with van der Waals surface area (Å²) in [6.45, 7) is 1.15. The molecule has 1 atom stereocenters. The number of nitrogens with zero attached hydrogens (tertiary/aromatic N) is 1. The lowest BCUT2D eigenvalue weighted by Gasteiger charge is -2.13.